The van der Waals surface area contributed by atoms with Gasteiger partial charge in [0, 0.05) is 16.9 Å². The summed E-state index contributed by atoms with van der Waals surface area (Å²) < 4.78 is 0. The van der Waals surface area contributed by atoms with E-state index in [2.05, 4.69) is 49.4 Å². The van der Waals surface area contributed by atoms with E-state index in [4.69, 9.17) is 0 Å². The number of rotatable bonds is 2. The van der Waals surface area contributed by atoms with Gasteiger partial charge in [-0.25, -0.2) is 0 Å². The van der Waals surface area contributed by atoms with Crippen LogP contribution in [0, 0.1) is 0 Å². The van der Waals surface area contributed by atoms with E-state index in [1.165, 1.54) is 11.3 Å². The van der Waals surface area contributed by atoms with Crippen LogP contribution in [0.1, 0.15) is 19.4 Å². The molecule has 1 aromatic rings. The van der Waals surface area contributed by atoms with Crippen molar-refractivity contribution in [1.29, 1.82) is 0 Å². The Morgan fingerprint density at radius 1 is 1.36 bits per heavy atom. The van der Waals surface area contributed by atoms with Gasteiger partial charge in [0.05, 0.1) is 5.69 Å². The predicted octanol–water partition coefficient (Wildman–Crippen LogP) is 3.41. The van der Waals surface area contributed by atoms with Crippen molar-refractivity contribution in [2.75, 3.05) is 12.0 Å². The average molecular weight is 205 g/mol. The Morgan fingerprint density at radius 3 is 2.79 bits per heavy atom. The van der Waals surface area contributed by atoms with Crippen LogP contribution in [0.15, 0.2) is 29.3 Å². The summed E-state index contributed by atoms with van der Waals surface area (Å²) >= 11 is 1.88. The lowest BCUT2D eigenvalue weighted by Crippen LogP contribution is -2.30. The molecule has 1 aliphatic rings. The number of thioether (sulfide) groups is 1. The summed E-state index contributed by atoms with van der Waals surface area (Å²) in [5, 5.41) is 0. The lowest BCUT2D eigenvalue weighted by molar-refractivity contribution is 0.747. The zero-order valence-electron chi connectivity index (χ0n) is 8.87. The lowest BCUT2D eigenvalue weighted by Gasteiger charge is -2.24. The summed E-state index contributed by atoms with van der Waals surface area (Å²) in [6, 6.07) is 8.46. The van der Waals surface area contributed by atoms with Crippen molar-refractivity contribution in [2.45, 2.75) is 19.3 Å². The maximum Gasteiger partial charge on any atom is 0.0671 e. The van der Waals surface area contributed by atoms with Crippen LogP contribution >= 0.6 is 11.8 Å². The maximum atomic E-state index is 4.63. The van der Waals surface area contributed by atoms with E-state index in [1.54, 1.807) is 0 Å². The Morgan fingerprint density at radius 2 is 2.07 bits per heavy atom. The van der Waals surface area contributed by atoms with Gasteiger partial charge in [-0.2, -0.15) is 11.8 Å². The van der Waals surface area contributed by atoms with Gasteiger partial charge in [-0.1, -0.05) is 18.2 Å². The molecule has 0 fully saturated rings. The fraction of sp³-hybridized carbons (Fsp3) is 0.417. The second kappa shape index (κ2) is 3.43. The second-order valence-electron chi connectivity index (χ2n) is 3.98. The Bertz CT molecular complexity index is 384. The van der Waals surface area contributed by atoms with Gasteiger partial charge in [0.15, 0.2) is 0 Å². The van der Waals surface area contributed by atoms with Crippen LogP contribution < -0.4 is 0 Å². The highest BCUT2D eigenvalue weighted by Crippen LogP contribution is 2.41. The maximum absolute atomic E-state index is 4.63. The molecular formula is C12H15NS. The van der Waals surface area contributed by atoms with Crippen LogP contribution in [0.2, 0.25) is 0 Å². The van der Waals surface area contributed by atoms with Gasteiger partial charge >= 0.3 is 0 Å². The molecule has 0 spiro atoms. The number of para-hydroxylation sites is 1. The van der Waals surface area contributed by atoms with E-state index >= 15 is 0 Å². The van der Waals surface area contributed by atoms with Gasteiger partial charge in [-0.05, 0) is 31.7 Å². The van der Waals surface area contributed by atoms with Crippen LogP contribution in [0.5, 0.6) is 0 Å². The molecule has 1 heterocycles. The van der Waals surface area contributed by atoms with E-state index in [0.717, 1.165) is 11.4 Å². The van der Waals surface area contributed by atoms with Gasteiger partial charge in [-0.3, -0.25) is 4.99 Å². The van der Waals surface area contributed by atoms with Gasteiger partial charge in [0.1, 0.15) is 0 Å². The fourth-order valence-electron chi connectivity index (χ4n) is 2.01. The molecule has 1 atom stereocenters. The average Bonchev–Trinajstić information content (AvgIpc) is 2.41. The Hall–Kier alpha value is -0.760. The molecule has 0 saturated carbocycles. The highest BCUT2D eigenvalue weighted by Gasteiger charge is 2.35. The standard InChI is InChI=1S/C12H15NS/c1-9-12(2,8-14-3)10-6-4-5-7-11(10)13-9/h4-7H,8H2,1-3H3. The van der Waals surface area contributed by atoms with E-state index in [0.29, 0.717) is 0 Å². The summed E-state index contributed by atoms with van der Waals surface area (Å²) in [5.41, 5.74) is 3.93. The van der Waals surface area contributed by atoms with Gasteiger partial charge < -0.3 is 0 Å². The first-order chi connectivity index (χ1) is 6.68. The van der Waals surface area contributed by atoms with E-state index in [1.807, 2.05) is 11.8 Å². The fourth-order valence-corrected chi connectivity index (χ4v) is 2.95. The minimum Gasteiger partial charge on any atom is -0.257 e. The topological polar surface area (TPSA) is 12.4 Å². The Balaban J connectivity index is 2.50. The Kier molecular flexibility index (Phi) is 2.40. The molecular weight excluding hydrogens is 190 g/mol. The molecule has 1 unspecified atom stereocenters. The molecule has 2 rings (SSSR count). The van der Waals surface area contributed by atoms with Crippen molar-refractivity contribution >= 4 is 23.2 Å². The van der Waals surface area contributed by atoms with E-state index < -0.39 is 0 Å². The molecule has 1 nitrogen and oxygen atoms in total. The summed E-state index contributed by atoms with van der Waals surface area (Å²) in [5.74, 6) is 1.11. The number of hydrogen-bond donors (Lipinski definition) is 0. The third-order valence-corrected chi connectivity index (χ3v) is 3.88. The molecule has 0 N–H and O–H groups in total. The number of aliphatic imine (C=N–C) groups is 1. The molecule has 14 heavy (non-hydrogen) atoms. The third kappa shape index (κ3) is 1.29. The SMILES string of the molecule is CSCC1(C)C(C)=Nc2ccccc21. The molecule has 0 aliphatic carbocycles. The van der Waals surface area contributed by atoms with Crippen molar-refractivity contribution in [3.8, 4) is 0 Å². The molecule has 1 aliphatic heterocycles. The molecule has 0 aromatic heterocycles. The monoisotopic (exact) mass is 205 g/mol. The van der Waals surface area contributed by atoms with Crippen molar-refractivity contribution < 1.29 is 0 Å². The third-order valence-electron chi connectivity index (χ3n) is 3.02. The molecule has 74 valence electrons. The Labute approximate surface area is 89.6 Å². The van der Waals surface area contributed by atoms with Gasteiger partial charge in [0.25, 0.3) is 0 Å². The molecule has 0 bridgehead atoms. The van der Waals surface area contributed by atoms with Crippen molar-refractivity contribution in [3.05, 3.63) is 29.8 Å². The largest absolute Gasteiger partial charge is 0.257 e. The first-order valence-corrected chi connectivity index (χ1v) is 6.22. The van der Waals surface area contributed by atoms with Crippen LogP contribution in [0.4, 0.5) is 5.69 Å². The number of fused-ring (bicyclic) bond motifs is 1. The van der Waals surface area contributed by atoms with Crippen LogP contribution in [0.25, 0.3) is 0 Å². The minimum absolute atomic E-state index is 0.149. The predicted molar refractivity (Wildman–Crippen MR) is 64.9 cm³/mol. The highest BCUT2D eigenvalue weighted by atomic mass is 32.2. The molecule has 0 radical (unpaired) electrons. The smallest absolute Gasteiger partial charge is 0.0671 e. The normalized spacial score (nSPS) is 24.6. The summed E-state index contributed by atoms with van der Waals surface area (Å²) in [7, 11) is 0. The zero-order chi connectivity index (χ0) is 10.2. The van der Waals surface area contributed by atoms with Crippen molar-refractivity contribution in [3.63, 3.8) is 0 Å². The van der Waals surface area contributed by atoms with Gasteiger partial charge in [0.2, 0.25) is 0 Å². The molecule has 1 aromatic carbocycles. The highest BCUT2D eigenvalue weighted by molar-refractivity contribution is 7.98. The summed E-state index contributed by atoms with van der Waals surface area (Å²) in [4.78, 5) is 4.63. The number of nitrogens with zero attached hydrogens (tertiary/aromatic N) is 1. The first-order valence-electron chi connectivity index (χ1n) is 4.83. The minimum atomic E-state index is 0.149. The zero-order valence-corrected chi connectivity index (χ0v) is 9.69. The molecule has 2 heteroatoms. The van der Waals surface area contributed by atoms with E-state index in [9.17, 15) is 0 Å². The second-order valence-corrected chi connectivity index (χ2v) is 4.85. The molecule has 0 saturated heterocycles. The van der Waals surface area contributed by atoms with Gasteiger partial charge in [-0.15, -0.1) is 0 Å². The lowest BCUT2D eigenvalue weighted by atomic mass is 9.82. The molecule has 0 amide bonds. The quantitative estimate of drug-likeness (QED) is 0.720. The van der Waals surface area contributed by atoms with E-state index in [-0.39, 0.29) is 5.41 Å². The van der Waals surface area contributed by atoms with Crippen LogP contribution in [0.3, 0.4) is 0 Å². The number of hydrogen-bond acceptors (Lipinski definition) is 2. The summed E-state index contributed by atoms with van der Waals surface area (Å²) in [6.45, 7) is 4.42. The van der Waals surface area contributed by atoms with Crippen molar-refractivity contribution in [1.82, 2.24) is 0 Å². The summed E-state index contributed by atoms with van der Waals surface area (Å²) in [6.07, 6.45) is 2.15. The van der Waals surface area contributed by atoms with Crippen LogP contribution in [-0.4, -0.2) is 17.7 Å². The van der Waals surface area contributed by atoms with Crippen molar-refractivity contribution in [2.24, 2.45) is 4.99 Å². The van der Waals surface area contributed by atoms with Crippen LogP contribution in [-0.2, 0) is 5.41 Å². The number of benzene rings is 1. The first kappa shape index (κ1) is 9.78.